The molecule has 0 fully saturated rings. The van der Waals surface area contributed by atoms with Gasteiger partial charge in [-0.05, 0) is 13.0 Å². The van der Waals surface area contributed by atoms with Gasteiger partial charge in [-0.15, -0.1) is 0 Å². The average Bonchev–Trinajstić information content (AvgIpc) is 2.17. The molecule has 0 aliphatic carbocycles. The molecule has 0 aromatic heterocycles. The second-order valence-electron chi connectivity index (χ2n) is 2.90. The van der Waals surface area contributed by atoms with E-state index in [9.17, 15) is 13.2 Å². The van der Waals surface area contributed by atoms with Crippen molar-refractivity contribution < 1.29 is 17.9 Å². The SMILES string of the molecule is C/C=C(\c1ccccc1OC)C(F)(F)F. The van der Waals surface area contributed by atoms with Gasteiger partial charge >= 0.3 is 6.18 Å². The van der Waals surface area contributed by atoms with Crippen LogP contribution < -0.4 is 4.74 Å². The van der Waals surface area contributed by atoms with Crippen molar-refractivity contribution in [1.29, 1.82) is 0 Å². The highest BCUT2D eigenvalue weighted by atomic mass is 19.4. The van der Waals surface area contributed by atoms with Crippen molar-refractivity contribution in [2.45, 2.75) is 13.1 Å². The third-order valence-corrected chi connectivity index (χ3v) is 1.99. The molecule has 0 bridgehead atoms. The molecule has 0 saturated carbocycles. The number of benzene rings is 1. The van der Waals surface area contributed by atoms with Gasteiger partial charge in [-0.3, -0.25) is 0 Å². The second-order valence-corrected chi connectivity index (χ2v) is 2.90. The summed E-state index contributed by atoms with van der Waals surface area (Å²) in [6, 6.07) is 6.07. The molecule has 15 heavy (non-hydrogen) atoms. The Morgan fingerprint density at radius 1 is 1.27 bits per heavy atom. The van der Waals surface area contributed by atoms with Crippen molar-refractivity contribution in [2.75, 3.05) is 7.11 Å². The topological polar surface area (TPSA) is 9.23 Å². The second kappa shape index (κ2) is 4.38. The lowest BCUT2D eigenvalue weighted by Crippen LogP contribution is -2.11. The standard InChI is InChI=1S/C11H11F3O/c1-3-9(11(12,13)14)8-6-4-5-7-10(8)15-2/h3-7H,1-2H3/b9-3+. The number of para-hydroxylation sites is 1. The van der Waals surface area contributed by atoms with Crippen LogP contribution in [0.4, 0.5) is 13.2 Å². The van der Waals surface area contributed by atoms with Crippen molar-refractivity contribution in [2.24, 2.45) is 0 Å². The summed E-state index contributed by atoms with van der Waals surface area (Å²) in [5.41, 5.74) is -0.616. The molecule has 0 saturated heterocycles. The summed E-state index contributed by atoms with van der Waals surface area (Å²) in [5, 5.41) is 0. The van der Waals surface area contributed by atoms with Crippen LogP contribution in [0.3, 0.4) is 0 Å². The molecule has 0 spiro atoms. The van der Waals surface area contributed by atoms with Crippen LogP contribution in [0.25, 0.3) is 5.57 Å². The molecule has 0 amide bonds. The summed E-state index contributed by atoms with van der Waals surface area (Å²) in [6.45, 7) is 1.36. The van der Waals surface area contributed by atoms with Gasteiger partial charge in [0.25, 0.3) is 0 Å². The Morgan fingerprint density at radius 2 is 1.87 bits per heavy atom. The van der Waals surface area contributed by atoms with Crippen LogP contribution in [-0.4, -0.2) is 13.3 Å². The molecule has 4 heteroatoms. The fraction of sp³-hybridized carbons (Fsp3) is 0.273. The molecule has 1 aromatic rings. The molecule has 0 aliphatic heterocycles. The summed E-state index contributed by atoms with van der Waals surface area (Å²) < 4.78 is 42.7. The Labute approximate surface area is 86.2 Å². The minimum absolute atomic E-state index is 0.0648. The van der Waals surface area contributed by atoms with Gasteiger partial charge in [-0.25, -0.2) is 0 Å². The van der Waals surface area contributed by atoms with Crippen LogP contribution in [0.15, 0.2) is 30.3 Å². The smallest absolute Gasteiger partial charge is 0.416 e. The third kappa shape index (κ3) is 2.52. The highest BCUT2D eigenvalue weighted by molar-refractivity contribution is 5.73. The van der Waals surface area contributed by atoms with Gasteiger partial charge in [0, 0.05) is 5.56 Å². The zero-order chi connectivity index (χ0) is 11.5. The number of rotatable bonds is 2. The monoisotopic (exact) mass is 216 g/mol. The lowest BCUT2D eigenvalue weighted by atomic mass is 10.0. The van der Waals surface area contributed by atoms with Gasteiger partial charge in [0.1, 0.15) is 5.75 Å². The van der Waals surface area contributed by atoms with E-state index in [4.69, 9.17) is 4.74 Å². The lowest BCUT2D eigenvalue weighted by Gasteiger charge is -2.14. The van der Waals surface area contributed by atoms with Crippen molar-refractivity contribution in [3.8, 4) is 5.75 Å². The van der Waals surface area contributed by atoms with Gasteiger partial charge < -0.3 is 4.74 Å². The van der Waals surface area contributed by atoms with E-state index in [0.29, 0.717) is 0 Å². The van der Waals surface area contributed by atoms with Crippen LogP contribution in [0.5, 0.6) is 5.75 Å². The first-order valence-corrected chi connectivity index (χ1v) is 4.37. The molecule has 0 radical (unpaired) electrons. The third-order valence-electron chi connectivity index (χ3n) is 1.99. The molecule has 1 aromatic carbocycles. The maximum absolute atomic E-state index is 12.6. The molecule has 0 unspecified atom stereocenters. The first-order chi connectivity index (χ1) is 7.00. The number of methoxy groups -OCH3 is 1. The van der Waals surface area contributed by atoms with Crippen LogP contribution in [0.2, 0.25) is 0 Å². The molecule has 0 heterocycles. The van der Waals surface area contributed by atoms with E-state index in [1.807, 2.05) is 0 Å². The molecule has 0 aliphatic rings. The summed E-state index contributed by atoms with van der Waals surface area (Å²) in [6.07, 6.45) is -3.32. The molecular weight excluding hydrogens is 205 g/mol. The van der Waals surface area contributed by atoms with Gasteiger partial charge in [0.2, 0.25) is 0 Å². The Bertz CT molecular complexity index is 366. The van der Waals surface area contributed by atoms with Gasteiger partial charge in [0.15, 0.2) is 0 Å². The first-order valence-electron chi connectivity index (χ1n) is 4.37. The lowest BCUT2D eigenvalue weighted by molar-refractivity contribution is -0.0691. The Kier molecular flexibility index (Phi) is 3.39. The maximum atomic E-state index is 12.6. The average molecular weight is 216 g/mol. The van der Waals surface area contributed by atoms with E-state index in [1.165, 1.54) is 26.2 Å². The molecule has 1 rings (SSSR count). The molecule has 0 N–H and O–H groups in total. The predicted molar refractivity (Wildman–Crippen MR) is 52.7 cm³/mol. The number of hydrogen-bond acceptors (Lipinski definition) is 1. The van der Waals surface area contributed by atoms with Gasteiger partial charge in [-0.1, -0.05) is 24.3 Å². The highest BCUT2D eigenvalue weighted by Crippen LogP contribution is 2.37. The van der Waals surface area contributed by atoms with E-state index >= 15 is 0 Å². The molecule has 1 nitrogen and oxygen atoms in total. The van der Waals surface area contributed by atoms with Crippen LogP contribution >= 0.6 is 0 Å². The fourth-order valence-electron chi connectivity index (χ4n) is 1.34. The largest absolute Gasteiger partial charge is 0.496 e. The summed E-state index contributed by atoms with van der Waals surface area (Å²) in [7, 11) is 1.35. The molecule has 82 valence electrons. The fourth-order valence-corrected chi connectivity index (χ4v) is 1.34. The predicted octanol–water partition coefficient (Wildman–Crippen LogP) is 3.66. The van der Waals surface area contributed by atoms with Crippen LogP contribution in [0, 0.1) is 0 Å². The zero-order valence-corrected chi connectivity index (χ0v) is 8.43. The van der Waals surface area contributed by atoms with Crippen LogP contribution in [-0.2, 0) is 0 Å². The van der Waals surface area contributed by atoms with E-state index in [-0.39, 0.29) is 11.3 Å². The van der Waals surface area contributed by atoms with E-state index in [1.54, 1.807) is 12.1 Å². The minimum atomic E-state index is -4.36. The quantitative estimate of drug-likeness (QED) is 0.733. The number of hydrogen-bond donors (Lipinski definition) is 0. The van der Waals surface area contributed by atoms with Crippen molar-refractivity contribution in [3.05, 3.63) is 35.9 Å². The Morgan fingerprint density at radius 3 is 2.33 bits per heavy atom. The number of halogens is 3. The zero-order valence-electron chi connectivity index (χ0n) is 8.43. The number of alkyl halides is 3. The van der Waals surface area contributed by atoms with E-state index < -0.39 is 11.7 Å². The van der Waals surface area contributed by atoms with Crippen molar-refractivity contribution >= 4 is 5.57 Å². The summed E-state index contributed by atoms with van der Waals surface area (Å²) >= 11 is 0. The van der Waals surface area contributed by atoms with Crippen molar-refractivity contribution in [1.82, 2.24) is 0 Å². The summed E-state index contributed by atoms with van der Waals surface area (Å²) in [4.78, 5) is 0. The van der Waals surface area contributed by atoms with Gasteiger partial charge in [-0.2, -0.15) is 13.2 Å². The normalized spacial score (nSPS) is 12.7. The summed E-state index contributed by atoms with van der Waals surface area (Å²) in [5.74, 6) is 0.225. The Hall–Kier alpha value is -1.45. The number of allylic oxidation sites excluding steroid dienone is 2. The van der Waals surface area contributed by atoms with E-state index in [0.717, 1.165) is 6.08 Å². The Balaban J connectivity index is 3.25. The highest BCUT2D eigenvalue weighted by Gasteiger charge is 2.35. The van der Waals surface area contributed by atoms with E-state index in [2.05, 4.69) is 0 Å². The molecule has 0 atom stereocenters. The number of ether oxygens (including phenoxy) is 1. The van der Waals surface area contributed by atoms with Gasteiger partial charge in [0.05, 0.1) is 12.7 Å². The first kappa shape index (κ1) is 11.6. The van der Waals surface area contributed by atoms with Crippen LogP contribution in [0.1, 0.15) is 12.5 Å². The molecular formula is C11H11F3O. The minimum Gasteiger partial charge on any atom is -0.496 e. The van der Waals surface area contributed by atoms with Crippen molar-refractivity contribution in [3.63, 3.8) is 0 Å². The maximum Gasteiger partial charge on any atom is 0.416 e.